The van der Waals surface area contributed by atoms with Gasteiger partial charge in [0.1, 0.15) is 5.75 Å². The Labute approximate surface area is 131 Å². The van der Waals surface area contributed by atoms with Gasteiger partial charge >= 0.3 is 0 Å². The number of fused-ring (bicyclic) bond motifs is 3. The fourth-order valence-electron chi connectivity index (χ4n) is 2.78. The van der Waals surface area contributed by atoms with Gasteiger partial charge in [-0.05, 0) is 30.3 Å². The third-order valence-corrected chi connectivity index (χ3v) is 4.01. The molecule has 2 aromatic carbocycles. The van der Waals surface area contributed by atoms with Gasteiger partial charge in [-0.2, -0.15) is 0 Å². The molecule has 2 aromatic heterocycles. The summed E-state index contributed by atoms with van der Waals surface area (Å²) in [4.78, 5) is 11.9. The summed E-state index contributed by atoms with van der Waals surface area (Å²) in [5, 5.41) is 2.76. The fourth-order valence-corrected chi connectivity index (χ4v) is 2.95. The van der Waals surface area contributed by atoms with Crippen LogP contribution in [0.25, 0.3) is 32.9 Å². The van der Waals surface area contributed by atoms with Crippen molar-refractivity contribution < 1.29 is 4.74 Å². The van der Waals surface area contributed by atoms with Crippen molar-refractivity contribution in [2.24, 2.45) is 0 Å². The number of benzene rings is 2. The van der Waals surface area contributed by atoms with Gasteiger partial charge in [-0.25, -0.2) is 4.98 Å². The zero-order valence-corrected chi connectivity index (χ0v) is 12.6. The van der Waals surface area contributed by atoms with Gasteiger partial charge in [-0.15, -0.1) is 0 Å². The zero-order chi connectivity index (χ0) is 15.1. The van der Waals surface area contributed by atoms with Crippen LogP contribution in [0.1, 0.15) is 0 Å². The van der Waals surface area contributed by atoms with Crippen LogP contribution in [-0.2, 0) is 0 Å². The number of rotatable bonds is 2. The van der Waals surface area contributed by atoms with E-state index in [0.717, 1.165) is 38.7 Å². The van der Waals surface area contributed by atoms with Crippen molar-refractivity contribution in [3.63, 3.8) is 0 Å². The molecule has 0 fully saturated rings. The predicted octanol–water partition coefficient (Wildman–Crippen LogP) is 4.44. The summed E-state index contributed by atoms with van der Waals surface area (Å²) in [6.07, 6.45) is 5.32. The Morgan fingerprint density at radius 2 is 2.00 bits per heavy atom. The first-order chi connectivity index (χ1) is 10.8. The second-order valence-electron chi connectivity index (χ2n) is 4.99. The zero-order valence-electron chi connectivity index (χ0n) is 11.8. The van der Waals surface area contributed by atoms with Gasteiger partial charge in [-0.1, -0.05) is 11.6 Å². The van der Waals surface area contributed by atoms with Crippen LogP contribution in [-0.4, -0.2) is 22.1 Å². The molecule has 1 N–H and O–H groups in total. The van der Waals surface area contributed by atoms with Crippen LogP contribution in [0.3, 0.4) is 0 Å². The first-order valence-electron chi connectivity index (χ1n) is 6.81. The Morgan fingerprint density at radius 1 is 1.09 bits per heavy atom. The molecular formula is C17H12ClN3O. The van der Waals surface area contributed by atoms with E-state index in [1.807, 2.05) is 30.5 Å². The number of aromatic amines is 1. The summed E-state index contributed by atoms with van der Waals surface area (Å²) in [5.41, 5.74) is 3.81. The molecule has 0 amide bonds. The first-order valence-corrected chi connectivity index (χ1v) is 7.19. The summed E-state index contributed by atoms with van der Waals surface area (Å²) in [5.74, 6) is 0.766. The molecule has 0 aliphatic rings. The molecule has 0 spiro atoms. The highest BCUT2D eigenvalue weighted by Crippen LogP contribution is 2.38. The number of hydrogen-bond donors (Lipinski definition) is 1. The van der Waals surface area contributed by atoms with E-state index in [0.29, 0.717) is 5.02 Å². The van der Waals surface area contributed by atoms with Gasteiger partial charge in [0, 0.05) is 44.8 Å². The number of methoxy groups -OCH3 is 1. The Balaban J connectivity index is 2.14. The van der Waals surface area contributed by atoms with Crippen molar-refractivity contribution in [3.05, 3.63) is 54.1 Å². The van der Waals surface area contributed by atoms with Crippen LogP contribution in [0, 0.1) is 0 Å². The van der Waals surface area contributed by atoms with Crippen molar-refractivity contribution in [3.8, 4) is 16.9 Å². The van der Waals surface area contributed by atoms with Crippen molar-refractivity contribution in [1.82, 2.24) is 15.0 Å². The van der Waals surface area contributed by atoms with Crippen LogP contribution in [0.2, 0.25) is 5.02 Å². The minimum absolute atomic E-state index is 0.661. The van der Waals surface area contributed by atoms with Gasteiger partial charge in [0.25, 0.3) is 0 Å². The molecule has 4 nitrogen and oxygen atoms in total. The third-order valence-electron chi connectivity index (χ3n) is 3.77. The number of halogens is 1. The molecule has 0 bridgehead atoms. The Bertz CT molecular complexity index is 994. The van der Waals surface area contributed by atoms with E-state index in [-0.39, 0.29) is 0 Å². The second-order valence-corrected chi connectivity index (χ2v) is 5.43. The smallest absolute Gasteiger partial charge is 0.126 e. The Hall–Kier alpha value is -2.59. The van der Waals surface area contributed by atoms with Gasteiger partial charge in [0.05, 0.1) is 19.0 Å². The summed E-state index contributed by atoms with van der Waals surface area (Å²) >= 11 is 6.17. The average Bonchev–Trinajstić information content (AvgIpc) is 3.04. The number of H-pyrrole nitrogens is 1. The molecule has 108 valence electrons. The van der Waals surface area contributed by atoms with E-state index in [1.54, 1.807) is 19.6 Å². The molecule has 5 heteroatoms. The average molecular weight is 310 g/mol. The van der Waals surface area contributed by atoms with Gasteiger partial charge in [0.15, 0.2) is 0 Å². The minimum Gasteiger partial charge on any atom is -0.496 e. The quantitative estimate of drug-likeness (QED) is 0.595. The summed E-state index contributed by atoms with van der Waals surface area (Å²) in [7, 11) is 1.65. The molecule has 22 heavy (non-hydrogen) atoms. The molecule has 2 heterocycles. The number of aromatic nitrogens is 3. The molecule has 4 aromatic rings. The number of nitrogens with one attached hydrogen (secondary N) is 1. The Morgan fingerprint density at radius 3 is 2.86 bits per heavy atom. The third kappa shape index (κ3) is 1.92. The maximum absolute atomic E-state index is 6.17. The maximum atomic E-state index is 6.17. The van der Waals surface area contributed by atoms with E-state index in [4.69, 9.17) is 16.3 Å². The lowest BCUT2D eigenvalue weighted by atomic mass is 9.99. The standard InChI is InChI=1S/C17H12ClN3O/c1-22-16-3-2-10(18)6-12(16)13-7-15-14(8-19-9-21-15)11-4-5-20-17(11)13/h2-9H,1H3,(H,19,21). The van der Waals surface area contributed by atoms with E-state index in [2.05, 4.69) is 21.0 Å². The van der Waals surface area contributed by atoms with Gasteiger partial charge < -0.3 is 9.72 Å². The van der Waals surface area contributed by atoms with Crippen molar-refractivity contribution >= 4 is 33.4 Å². The van der Waals surface area contributed by atoms with E-state index < -0.39 is 0 Å². The van der Waals surface area contributed by atoms with E-state index in [1.165, 1.54) is 0 Å². The molecule has 0 aliphatic carbocycles. The van der Waals surface area contributed by atoms with Crippen LogP contribution in [0.4, 0.5) is 0 Å². The number of hydrogen-bond acceptors (Lipinski definition) is 3. The Kier molecular flexibility index (Phi) is 2.98. The van der Waals surface area contributed by atoms with Gasteiger partial charge in [0.2, 0.25) is 0 Å². The number of ether oxygens (including phenoxy) is 1. The van der Waals surface area contributed by atoms with Crippen LogP contribution < -0.4 is 4.74 Å². The molecule has 0 saturated carbocycles. The minimum atomic E-state index is 0.661. The first kappa shape index (κ1) is 13.1. The van der Waals surface area contributed by atoms with Gasteiger partial charge in [-0.3, -0.25) is 4.98 Å². The maximum Gasteiger partial charge on any atom is 0.126 e. The normalized spacial score (nSPS) is 11.2. The topological polar surface area (TPSA) is 50.8 Å². The summed E-state index contributed by atoms with van der Waals surface area (Å²) in [6, 6.07) is 9.63. The lowest BCUT2D eigenvalue weighted by Crippen LogP contribution is -1.91. The molecule has 0 saturated heterocycles. The van der Waals surface area contributed by atoms with Crippen LogP contribution >= 0.6 is 11.6 Å². The monoisotopic (exact) mass is 309 g/mol. The number of nitrogens with zero attached hydrogens (tertiary/aromatic N) is 2. The predicted molar refractivity (Wildman–Crippen MR) is 88.4 cm³/mol. The SMILES string of the molecule is COc1ccc(Cl)cc1-c1cc2[nH]cncc2c2ccnc12. The molecule has 4 rings (SSSR count). The molecule has 0 radical (unpaired) electrons. The highest BCUT2D eigenvalue weighted by Gasteiger charge is 2.14. The van der Waals surface area contributed by atoms with Crippen molar-refractivity contribution in [2.75, 3.05) is 7.11 Å². The van der Waals surface area contributed by atoms with Crippen molar-refractivity contribution in [2.45, 2.75) is 0 Å². The molecule has 0 atom stereocenters. The molecule has 0 unspecified atom stereocenters. The molecule has 0 aliphatic heterocycles. The van der Waals surface area contributed by atoms with Crippen LogP contribution in [0.5, 0.6) is 5.75 Å². The van der Waals surface area contributed by atoms with Crippen LogP contribution in [0.15, 0.2) is 49.1 Å². The highest BCUT2D eigenvalue weighted by molar-refractivity contribution is 6.31. The summed E-state index contributed by atoms with van der Waals surface area (Å²) in [6.45, 7) is 0. The lowest BCUT2D eigenvalue weighted by molar-refractivity contribution is 0.416. The fraction of sp³-hybridized carbons (Fsp3) is 0.0588. The summed E-state index contributed by atoms with van der Waals surface area (Å²) < 4.78 is 5.48. The largest absolute Gasteiger partial charge is 0.496 e. The molecular weight excluding hydrogens is 298 g/mol. The van der Waals surface area contributed by atoms with E-state index >= 15 is 0 Å². The van der Waals surface area contributed by atoms with Crippen molar-refractivity contribution in [1.29, 1.82) is 0 Å². The highest BCUT2D eigenvalue weighted by atomic mass is 35.5. The lowest BCUT2D eigenvalue weighted by Gasteiger charge is -2.11. The van der Waals surface area contributed by atoms with E-state index in [9.17, 15) is 0 Å². The second kappa shape index (κ2) is 5.00.